The van der Waals surface area contributed by atoms with E-state index in [-0.39, 0.29) is 6.09 Å². The van der Waals surface area contributed by atoms with Gasteiger partial charge in [0, 0.05) is 13.1 Å². The van der Waals surface area contributed by atoms with Crippen molar-refractivity contribution >= 4 is 6.09 Å². The minimum Gasteiger partial charge on any atom is -0.444 e. The Kier molecular flexibility index (Phi) is 6.13. The number of piperidine rings is 1. The molecule has 4 nitrogen and oxygen atoms in total. The molecule has 0 spiro atoms. The van der Waals surface area contributed by atoms with Crippen LogP contribution in [0.5, 0.6) is 0 Å². The summed E-state index contributed by atoms with van der Waals surface area (Å²) in [5.74, 6) is 2.45. The molecular weight excluding hydrogens is 276 g/mol. The quantitative estimate of drug-likeness (QED) is 0.863. The molecule has 4 heteroatoms. The molecule has 0 aromatic rings. The first-order valence-electron chi connectivity index (χ1n) is 9.05. The van der Waals surface area contributed by atoms with E-state index in [1.165, 1.54) is 32.1 Å². The van der Waals surface area contributed by atoms with Crippen LogP contribution in [0.2, 0.25) is 0 Å². The van der Waals surface area contributed by atoms with Crippen molar-refractivity contribution in [3.05, 3.63) is 0 Å². The van der Waals surface area contributed by atoms with Gasteiger partial charge >= 0.3 is 6.09 Å². The predicted molar refractivity (Wildman–Crippen MR) is 89.7 cm³/mol. The van der Waals surface area contributed by atoms with Gasteiger partial charge in [0.05, 0.1) is 0 Å². The number of hydrogen-bond donors (Lipinski definition) is 1. The third kappa shape index (κ3) is 5.45. The second-order valence-corrected chi connectivity index (χ2v) is 8.27. The maximum absolute atomic E-state index is 12.1. The molecule has 0 bridgehead atoms. The van der Waals surface area contributed by atoms with Crippen molar-refractivity contribution in [2.75, 3.05) is 19.6 Å². The van der Waals surface area contributed by atoms with Crippen LogP contribution in [-0.4, -0.2) is 36.2 Å². The first kappa shape index (κ1) is 17.6. The third-order valence-corrected chi connectivity index (χ3v) is 5.23. The Morgan fingerprint density at radius 3 is 2.00 bits per heavy atom. The van der Waals surface area contributed by atoms with Gasteiger partial charge in [0.15, 0.2) is 0 Å². The molecule has 2 fully saturated rings. The maximum Gasteiger partial charge on any atom is 0.410 e. The van der Waals surface area contributed by atoms with Crippen molar-refractivity contribution in [2.24, 2.45) is 23.5 Å². The lowest BCUT2D eigenvalue weighted by Crippen LogP contribution is -2.42. The summed E-state index contributed by atoms with van der Waals surface area (Å²) in [6.07, 6.45) is 8.82. The highest BCUT2D eigenvalue weighted by Crippen LogP contribution is 2.35. The fourth-order valence-electron chi connectivity index (χ4n) is 3.85. The van der Waals surface area contributed by atoms with E-state index in [1.54, 1.807) is 0 Å². The molecular formula is C18H34N2O2. The Balaban J connectivity index is 1.68. The van der Waals surface area contributed by atoms with Crippen LogP contribution in [0.1, 0.15) is 65.7 Å². The molecule has 2 aliphatic rings. The number of carbonyl (C=O) groups excluding carboxylic acids is 1. The van der Waals surface area contributed by atoms with Gasteiger partial charge in [-0.3, -0.25) is 0 Å². The lowest BCUT2D eigenvalue weighted by Gasteiger charge is -2.36. The van der Waals surface area contributed by atoms with Crippen LogP contribution in [0.15, 0.2) is 0 Å². The molecule has 1 aliphatic heterocycles. The molecule has 0 aromatic heterocycles. The number of likely N-dealkylation sites (tertiary alicyclic amines) is 1. The van der Waals surface area contributed by atoms with Gasteiger partial charge < -0.3 is 15.4 Å². The zero-order chi connectivity index (χ0) is 16.2. The molecule has 128 valence electrons. The van der Waals surface area contributed by atoms with Crippen molar-refractivity contribution in [1.29, 1.82) is 0 Å². The zero-order valence-corrected chi connectivity index (χ0v) is 14.6. The van der Waals surface area contributed by atoms with E-state index in [2.05, 4.69) is 0 Å². The molecule has 1 saturated heterocycles. The largest absolute Gasteiger partial charge is 0.444 e. The third-order valence-electron chi connectivity index (χ3n) is 5.23. The fourth-order valence-corrected chi connectivity index (χ4v) is 3.85. The van der Waals surface area contributed by atoms with E-state index in [4.69, 9.17) is 10.5 Å². The average Bonchev–Trinajstić information content (AvgIpc) is 2.47. The Labute approximate surface area is 135 Å². The van der Waals surface area contributed by atoms with Crippen LogP contribution in [0.25, 0.3) is 0 Å². The van der Waals surface area contributed by atoms with Crippen LogP contribution in [-0.2, 0) is 4.74 Å². The Hall–Kier alpha value is -0.770. The van der Waals surface area contributed by atoms with E-state index in [9.17, 15) is 4.79 Å². The summed E-state index contributed by atoms with van der Waals surface area (Å²) in [5, 5.41) is 0. The number of hydrogen-bond acceptors (Lipinski definition) is 3. The van der Waals surface area contributed by atoms with E-state index in [1.807, 2.05) is 25.7 Å². The van der Waals surface area contributed by atoms with Gasteiger partial charge in [-0.25, -0.2) is 4.79 Å². The van der Waals surface area contributed by atoms with Gasteiger partial charge in [0.2, 0.25) is 0 Å². The Bertz CT molecular complexity index is 349. The van der Waals surface area contributed by atoms with E-state index < -0.39 is 5.60 Å². The topological polar surface area (TPSA) is 55.6 Å². The predicted octanol–water partition coefficient (Wildman–Crippen LogP) is 3.79. The van der Waals surface area contributed by atoms with Crippen LogP contribution >= 0.6 is 0 Å². The number of nitrogens with two attached hydrogens (primary N) is 1. The van der Waals surface area contributed by atoms with E-state index >= 15 is 0 Å². The fraction of sp³-hybridized carbons (Fsp3) is 0.944. The molecule has 22 heavy (non-hydrogen) atoms. The van der Waals surface area contributed by atoms with Crippen molar-refractivity contribution in [1.82, 2.24) is 4.90 Å². The van der Waals surface area contributed by atoms with Gasteiger partial charge in [-0.2, -0.15) is 0 Å². The lowest BCUT2D eigenvalue weighted by molar-refractivity contribution is 0.0172. The minimum atomic E-state index is -0.393. The first-order valence-corrected chi connectivity index (χ1v) is 9.05. The van der Waals surface area contributed by atoms with E-state index in [0.717, 1.165) is 50.2 Å². The number of ether oxygens (including phenoxy) is 1. The summed E-state index contributed by atoms with van der Waals surface area (Å²) in [5.41, 5.74) is 5.38. The number of nitrogens with zero attached hydrogens (tertiary/aromatic N) is 1. The Morgan fingerprint density at radius 2 is 1.50 bits per heavy atom. The van der Waals surface area contributed by atoms with Crippen molar-refractivity contribution < 1.29 is 9.53 Å². The Morgan fingerprint density at radius 1 is 1.00 bits per heavy atom. The first-order chi connectivity index (χ1) is 10.4. The molecule has 0 atom stereocenters. The van der Waals surface area contributed by atoms with Gasteiger partial charge in [-0.1, -0.05) is 12.8 Å². The van der Waals surface area contributed by atoms with Crippen LogP contribution in [0.3, 0.4) is 0 Å². The second kappa shape index (κ2) is 7.67. The van der Waals surface area contributed by atoms with Gasteiger partial charge in [0.25, 0.3) is 0 Å². The van der Waals surface area contributed by atoms with Crippen LogP contribution < -0.4 is 5.73 Å². The molecule has 1 aliphatic carbocycles. The summed E-state index contributed by atoms with van der Waals surface area (Å²) in [4.78, 5) is 14.0. The molecule has 1 saturated carbocycles. The highest BCUT2D eigenvalue weighted by Gasteiger charge is 2.29. The van der Waals surface area contributed by atoms with Crippen LogP contribution in [0.4, 0.5) is 4.79 Å². The SMILES string of the molecule is CC(C)(C)OC(=O)N1CCC(CC2CCC(CN)CC2)CC1. The maximum atomic E-state index is 12.1. The van der Waals surface area contributed by atoms with Gasteiger partial charge in [-0.05, 0) is 77.2 Å². The average molecular weight is 310 g/mol. The molecule has 1 heterocycles. The zero-order valence-electron chi connectivity index (χ0n) is 14.6. The number of carbonyl (C=O) groups is 1. The van der Waals surface area contributed by atoms with Crippen molar-refractivity contribution in [2.45, 2.75) is 71.3 Å². The number of amides is 1. The summed E-state index contributed by atoms with van der Waals surface area (Å²) < 4.78 is 5.46. The molecule has 0 aromatic carbocycles. The molecule has 2 N–H and O–H groups in total. The highest BCUT2D eigenvalue weighted by molar-refractivity contribution is 5.68. The summed E-state index contributed by atoms with van der Waals surface area (Å²) in [7, 11) is 0. The monoisotopic (exact) mass is 310 g/mol. The lowest BCUT2D eigenvalue weighted by atomic mass is 9.76. The van der Waals surface area contributed by atoms with Crippen molar-refractivity contribution in [3.8, 4) is 0 Å². The molecule has 2 rings (SSSR count). The molecule has 0 radical (unpaired) electrons. The highest BCUT2D eigenvalue weighted by atomic mass is 16.6. The van der Waals surface area contributed by atoms with Crippen LogP contribution in [0, 0.1) is 17.8 Å². The van der Waals surface area contributed by atoms with Gasteiger partial charge in [-0.15, -0.1) is 0 Å². The normalized spacial score (nSPS) is 27.7. The smallest absolute Gasteiger partial charge is 0.410 e. The minimum absolute atomic E-state index is 0.144. The van der Waals surface area contributed by atoms with E-state index in [0.29, 0.717) is 0 Å². The van der Waals surface area contributed by atoms with Gasteiger partial charge in [0.1, 0.15) is 5.60 Å². The molecule has 0 unspecified atom stereocenters. The second-order valence-electron chi connectivity index (χ2n) is 8.27. The molecule has 1 amide bonds. The summed E-state index contributed by atoms with van der Waals surface area (Å²) in [6, 6.07) is 0. The summed E-state index contributed by atoms with van der Waals surface area (Å²) >= 11 is 0. The summed E-state index contributed by atoms with van der Waals surface area (Å²) in [6.45, 7) is 8.36. The number of rotatable bonds is 3. The standard InChI is InChI=1S/C18H34N2O2/c1-18(2,3)22-17(21)20-10-8-15(9-11-20)12-14-4-6-16(13-19)7-5-14/h14-16H,4-13,19H2,1-3H3. The van der Waals surface area contributed by atoms with Crippen molar-refractivity contribution in [3.63, 3.8) is 0 Å².